The average Bonchev–Trinajstić information content (AvgIpc) is 3.00. The van der Waals surface area contributed by atoms with Gasteiger partial charge in [-0.1, -0.05) is 11.6 Å². The van der Waals surface area contributed by atoms with Gasteiger partial charge in [-0.3, -0.25) is 0 Å². The molecular weight excluding hydrogens is 324 g/mol. The molecule has 2 heterocycles. The molecule has 124 valence electrons. The van der Waals surface area contributed by atoms with Crippen LogP contribution in [0.4, 0.5) is 17.3 Å². The Morgan fingerprint density at radius 3 is 2.75 bits per heavy atom. The van der Waals surface area contributed by atoms with Crippen molar-refractivity contribution >= 4 is 40.0 Å². The highest BCUT2D eigenvalue weighted by Gasteiger charge is 2.13. The highest BCUT2D eigenvalue weighted by atomic mass is 35.5. The van der Waals surface area contributed by atoms with Crippen LogP contribution in [0.15, 0.2) is 36.4 Å². The lowest BCUT2D eigenvalue weighted by Crippen LogP contribution is -2.29. The van der Waals surface area contributed by atoms with E-state index in [2.05, 4.69) is 38.4 Å². The van der Waals surface area contributed by atoms with Gasteiger partial charge in [0.1, 0.15) is 5.75 Å². The van der Waals surface area contributed by atoms with Crippen LogP contribution < -0.4 is 10.2 Å². The van der Waals surface area contributed by atoms with Crippen LogP contribution >= 0.6 is 11.6 Å². The summed E-state index contributed by atoms with van der Waals surface area (Å²) in [5.74, 6) is 0.715. The van der Waals surface area contributed by atoms with E-state index in [0.717, 1.165) is 24.1 Å². The van der Waals surface area contributed by atoms with E-state index in [4.69, 9.17) is 11.6 Å². The zero-order valence-electron chi connectivity index (χ0n) is 13.2. The predicted molar refractivity (Wildman–Crippen MR) is 98.6 cm³/mol. The van der Waals surface area contributed by atoms with Gasteiger partial charge in [-0.15, -0.1) is 0 Å². The summed E-state index contributed by atoms with van der Waals surface area (Å²) in [5, 5.41) is 13.6. The lowest BCUT2D eigenvalue weighted by atomic mass is 10.1. The first-order chi connectivity index (χ1) is 11.7. The van der Waals surface area contributed by atoms with Crippen molar-refractivity contribution in [2.24, 2.45) is 0 Å². The number of aromatic amines is 1. The van der Waals surface area contributed by atoms with E-state index in [9.17, 15) is 5.11 Å². The summed E-state index contributed by atoms with van der Waals surface area (Å²) in [5.41, 5.74) is 3.60. The first kappa shape index (κ1) is 15.1. The number of phenolic OH excluding ortho intramolecular Hbond substituents is 1. The molecule has 1 fully saturated rings. The standard InChI is InChI=1S/C18H19ClN4O/c19-12-4-7-17(24)16(10-12)22-18-20-14-6-5-13(11-15(14)21-18)23-8-2-1-3-9-23/h4-7,10-11,24H,1-3,8-9H2,(H2,20,21,22). The summed E-state index contributed by atoms with van der Waals surface area (Å²) in [6.45, 7) is 2.22. The molecule has 5 nitrogen and oxygen atoms in total. The highest BCUT2D eigenvalue weighted by Crippen LogP contribution is 2.30. The minimum atomic E-state index is 0.133. The van der Waals surface area contributed by atoms with Gasteiger partial charge in [0.2, 0.25) is 5.95 Å². The Morgan fingerprint density at radius 1 is 1.08 bits per heavy atom. The van der Waals surface area contributed by atoms with Crippen LogP contribution in [-0.2, 0) is 0 Å². The van der Waals surface area contributed by atoms with E-state index in [1.807, 2.05) is 0 Å². The first-order valence-corrected chi connectivity index (χ1v) is 8.57. The van der Waals surface area contributed by atoms with E-state index < -0.39 is 0 Å². The SMILES string of the molecule is Oc1ccc(Cl)cc1Nc1nc2cc(N3CCCCC3)ccc2[nH]1. The molecule has 3 aromatic rings. The van der Waals surface area contributed by atoms with Gasteiger partial charge >= 0.3 is 0 Å². The van der Waals surface area contributed by atoms with Gasteiger partial charge in [0.25, 0.3) is 0 Å². The summed E-state index contributed by atoms with van der Waals surface area (Å²) in [7, 11) is 0. The smallest absolute Gasteiger partial charge is 0.205 e. The zero-order chi connectivity index (χ0) is 16.5. The van der Waals surface area contributed by atoms with Crippen molar-refractivity contribution in [1.29, 1.82) is 0 Å². The summed E-state index contributed by atoms with van der Waals surface area (Å²) < 4.78 is 0. The fourth-order valence-electron chi connectivity index (χ4n) is 3.14. The summed E-state index contributed by atoms with van der Waals surface area (Å²) in [4.78, 5) is 10.2. The van der Waals surface area contributed by atoms with Gasteiger partial charge in [-0.2, -0.15) is 0 Å². The number of hydrogen-bond acceptors (Lipinski definition) is 4. The number of phenols is 1. The minimum absolute atomic E-state index is 0.133. The molecule has 2 aromatic carbocycles. The molecule has 1 aliphatic heterocycles. The van der Waals surface area contributed by atoms with E-state index in [0.29, 0.717) is 16.7 Å². The molecular formula is C18H19ClN4O. The molecule has 1 aromatic heterocycles. The van der Waals surface area contributed by atoms with Gasteiger partial charge < -0.3 is 20.3 Å². The van der Waals surface area contributed by atoms with Crippen LogP contribution in [0, 0.1) is 0 Å². The molecule has 24 heavy (non-hydrogen) atoms. The molecule has 0 amide bonds. The third-order valence-electron chi connectivity index (χ3n) is 4.40. The number of hydrogen-bond donors (Lipinski definition) is 3. The fraction of sp³-hybridized carbons (Fsp3) is 0.278. The molecule has 1 saturated heterocycles. The average molecular weight is 343 g/mol. The summed E-state index contributed by atoms with van der Waals surface area (Å²) >= 11 is 5.98. The van der Waals surface area contributed by atoms with Gasteiger partial charge in [0, 0.05) is 23.8 Å². The Bertz CT molecular complexity index is 871. The number of halogens is 1. The van der Waals surface area contributed by atoms with Gasteiger partial charge in [-0.25, -0.2) is 4.98 Å². The van der Waals surface area contributed by atoms with Crippen LogP contribution in [0.1, 0.15) is 19.3 Å². The number of imidazole rings is 1. The maximum absolute atomic E-state index is 9.92. The number of rotatable bonds is 3. The van der Waals surface area contributed by atoms with Crippen LogP contribution in [0.2, 0.25) is 5.02 Å². The predicted octanol–water partition coefficient (Wildman–Crippen LogP) is 4.66. The maximum Gasteiger partial charge on any atom is 0.205 e. The maximum atomic E-state index is 9.92. The van der Waals surface area contributed by atoms with Crippen molar-refractivity contribution < 1.29 is 5.11 Å². The quantitative estimate of drug-likeness (QED) is 0.606. The van der Waals surface area contributed by atoms with Crippen LogP contribution in [0.25, 0.3) is 11.0 Å². The molecule has 0 radical (unpaired) electrons. The van der Waals surface area contributed by atoms with Gasteiger partial charge in [0.05, 0.1) is 16.7 Å². The zero-order valence-corrected chi connectivity index (χ0v) is 14.0. The Labute approximate surface area is 145 Å². The van der Waals surface area contributed by atoms with E-state index in [1.165, 1.54) is 24.9 Å². The topological polar surface area (TPSA) is 64.2 Å². The minimum Gasteiger partial charge on any atom is -0.506 e. The number of nitrogens with zero attached hydrogens (tertiary/aromatic N) is 2. The number of fused-ring (bicyclic) bond motifs is 1. The molecule has 1 aliphatic rings. The number of benzene rings is 2. The summed E-state index contributed by atoms with van der Waals surface area (Å²) in [6, 6.07) is 11.2. The Balaban J connectivity index is 1.62. The molecule has 0 bridgehead atoms. The Hall–Kier alpha value is -2.40. The Morgan fingerprint density at radius 2 is 1.92 bits per heavy atom. The third-order valence-corrected chi connectivity index (χ3v) is 4.63. The number of piperidine rings is 1. The van der Waals surface area contributed by atoms with E-state index in [1.54, 1.807) is 18.2 Å². The number of aromatic nitrogens is 2. The van der Waals surface area contributed by atoms with Crippen molar-refractivity contribution in [2.45, 2.75) is 19.3 Å². The fourth-order valence-corrected chi connectivity index (χ4v) is 3.31. The molecule has 0 saturated carbocycles. The number of nitrogens with one attached hydrogen (secondary N) is 2. The van der Waals surface area contributed by atoms with Crippen LogP contribution in [0.3, 0.4) is 0 Å². The number of aromatic hydroxyl groups is 1. The van der Waals surface area contributed by atoms with Gasteiger partial charge in [-0.05, 0) is 55.7 Å². The molecule has 0 aliphatic carbocycles. The van der Waals surface area contributed by atoms with E-state index >= 15 is 0 Å². The number of anilines is 3. The largest absolute Gasteiger partial charge is 0.506 e. The summed E-state index contributed by atoms with van der Waals surface area (Å²) in [6.07, 6.45) is 3.82. The van der Waals surface area contributed by atoms with Crippen LogP contribution in [-0.4, -0.2) is 28.2 Å². The molecule has 0 spiro atoms. The molecule has 6 heteroatoms. The second-order valence-electron chi connectivity index (χ2n) is 6.12. The molecule has 4 rings (SSSR count). The monoisotopic (exact) mass is 342 g/mol. The molecule has 3 N–H and O–H groups in total. The van der Waals surface area contributed by atoms with Crippen molar-refractivity contribution in [3.05, 3.63) is 41.4 Å². The molecule has 0 atom stereocenters. The molecule has 0 unspecified atom stereocenters. The van der Waals surface area contributed by atoms with Crippen molar-refractivity contribution in [3.63, 3.8) is 0 Å². The highest BCUT2D eigenvalue weighted by molar-refractivity contribution is 6.30. The third kappa shape index (κ3) is 2.99. The number of H-pyrrole nitrogens is 1. The first-order valence-electron chi connectivity index (χ1n) is 8.19. The van der Waals surface area contributed by atoms with Crippen molar-refractivity contribution in [3.8, 4) is 5.75 Å². The lowest BCUT2D eigenvalue weighted by molar-refractivity contribution is 0.477. The van der Waals surface area contributed by atoms with Gasteiger partial charge in [0.15, 0.2) is 0 Å². The van der Waals surface area contributed by atoms with E-state index in [-0.39, 0.29) is 5.75 Å². The second-order valence-corrected chi connectivity index (χ2v) is 6.56. The Kier molecular flexibility index (Phi) is 3.94. The van der Waals surface area contributed by atoms with Crippen molar-refractivity contribution in [2.75, 3.05) is 23.3 Å². The lowest BCUT2D eigenvalue weighted by Gasteiger charge is -2.28. The van der Waals surface area contributed by atoms with Crippen LogP contribution in [0.5, 0.6) is 5.75 Å². The van der Waals surface area contributed by atoms with Crippen molar-refractivity contribution in [1.82, 2.24) is 9.97 Å². The normalized spacial score (nSPS) is 15.0. The second kappa shape index (κ2) is 6.24.